The van der Waals surface area contributed by atoms with E-state index in [1.807, 2.05) is 6.07 Å². The summed E-state index contributed by atoms with van der Waals surface area (Å²) in [6.45, 7) is 1.61. The van der Waals surface area contributed by atoms with Gasteiger partial charge in [-0.25, -0.2) is 4.39 Å². The molecule has 1 unspecified atom stereocenters. The first kappa shape index (κ1) is 14.0. The molecule has 20 heavy (non-hydrogen) atoms. The maximum Gasteiger partial charge on any atom is 0.123 e. The molecule has 0 bridgehead atoms. The highest BCUT2D eigenvalue weighted by Crippen LogP contribution is 2.38. The molecule has 2 fully saturated rings. The van der Waals surface area contributed by atoms with Gasteiger partial charge in [0.25, 0.3) is 0 Å². The third-order valence-corrected chi connectivity index (χ3v) is 4.74. The summed E-state index contributed by atoms with van der Waals surface area (Å²) in [4.78, 5) is 0. The number of halogens is 1. The lowest BCUT2D eigenvalue weighted by molar-refractivity contribution is -0.109. The van der Waals surface area contributed by atoms with E-state index in [1.54, 1.807) is 12.1 Å². The fourth-order valence-corrected chi connectivity index (χ4v) is 3.66. The Balaban J connectivity index is 1.55. The van der Waals surface area contributed by atoms with E-state index in [2.05, 4.69) is 5.32 Å². The van der Waals surface area contributed by atoms with Gasteiger partial charge in [0.15, 0.2) is 0 Å². The lowest BCUT2D eigenvalue weighted by atomic mass is 9.78. The fraction of sp³-hybridized carbons (Fsp3) is 0.647. The third-order valence-electron chi connectivity index (χ3n) is 4.74. The summed E-state index contributed by atoms with van der Waals surface area (Å²) in [6, 6.07) is 7.37. The largest absolute Gasteiger partial charge is 0.375 e. The number of ether oxygens (including phenoxy) is 1. The number of hydrogen-bond donors (Lipinski definition) is 1. The van der Waals surface area contributed by atoms with Gasteiger partial charge in [0, 0.05) is 19.2 Å². The van der Waals surface area contributed by atoms with Crippen LogP contribution in [0.3, 0.4) is 0 Å². The van der Waals surface area contributed by atoms with Gasteiger partial charge >= 0.3 is 0 Å². The fourth-order valence-electron chi connectivity index (χ4n) is 3.66. The Bertz CT molecular complexity index is 437. The number of rotatable bonds is 3. The molecule has 3 heteroatoms. The number of hydrogen-bond acceptors (Lipinski definition) is 2. The van der Waals surface area contributed by atoms with Gasteiger partial charge in [0.1, 0.15) is 5.82 Å². The molecule has 1 heterocycles. The average Bonchev–Trinajstić information content (AvgIpc) is 2.46. The molecular weight excluding hydrogens is 253 g/mol. The van der Waals surface area contributed by atoms with E-state index in [4.69, 9.17) is 4.74 Å². The van der Waals surface area contributed by atoms with E-state index in [9.17, 15) is 4.39 Å². The van der Waals surface area contributed by atoms with Crippen LogP contribution in [0.1, 0.15) is 50.5 Å². The Hall–Kier alpha value is -0.930. The average molecular weight is 277 g/mol. The molecule has 1 aromatic rings. The molecule has 1 saturated carbocycles. The third kappa shape index (κ3) is 3.39. The molecular formula is C17H24FNO. The molecule has 1 aliphatic heterocycles. The van der Waals surface area contributed by atoms with E-state index in [-0.39, 0.29) is 11.4 Å². The second kappa shape index (κ2) is 6.23. The summed E-state index contributed by atoms with van der Waals surface area (Å²) >= 11 is 0. The zero-order valence-corrected chi connectivity index (χ0v) is 12.0. The maximum atomic E-state index is 13.2. The molecule has 0 aromatic heterocycles. The predicted molar refractivity (Wildman–Crippen MR) is 78.0 cm³/mol. The molecule has 1 aliphatic carbocycles. The van der Waals surface area contributed by atoms with Crippen molar-refractivity contribution in [1.82, 2.24) is 5.32 Å². The normalized spacial score (nSPS) is 25.8. The summed E-state index contributed by atoms with van der Waals surface area (Å²) in [5, 5.41) is 3.59. The van der Waals surface area contributed by atoms with Crippen LogP contribution >= 0.6 is 0 Å². The topological polar surface area (TPSA) is 21.3 Å². The van der Waals surface area contributed by atoms with Crippen LogP contribution in [-0.4, -0.2) is 18.2 Å². The lowest BCUT2D eigenvalue weighted by Crippen LogP contribution is -2.47. The van der Waals surface area contributed by atoms with Crippen LogP contribution in [0.25, 0.3) is 0 Å². The van der Waals surface area contributed by atoms with Crippen molar-refractivity contribution < 1.29 is 9.13 Å². The highest BCUT2D eigenvalue weighted by Gasteiger charge is 2.38. The van der Waals surface area contributed by atoms with Crippen molar-refractivity contribution in [2.75, 3.05) is 6.61 Å². The summed E-state index contributed by atoms with van der Waals surface area (Å²) < 4.78 is 19.3. The van der Waals surface area contributed by atoms with Gasteiger partial charge in [-0.3, -0.25) is 0 Å². The van der Waals surface area contributed by atoms with Crippen LogP contribution in [-0.2, 0) is 11.3 Å². The summed E-state index contributed by atoms with van der Waals surface area (Å²) in [6.07, 6.45) is 8.56. The van der Waals surface area contributed by atoms with E-state index in [0.29, 0.717) is 6.04 Å². The van der Waals surface area contributed by atoms with Crippen LogP contribution in [0.5, 0.6) is 0 Å². The van der Waals surface area contributed by atoms with Gasteiger partial charge in [0.05, 0.1) is 5.60 Å². The summed E-state index contributed by atoms with van der Waals surface area (Å²) in [7, 11) is 0. The molecule has 1 spiro atoms. The van der Waals surface area contributed by atoms with Crippen molar-refractivity contribution in [2.45, 2.75) is 63.1 Å². The van der Waals surface area contributed by atoms with Crippen LogP contribution < -0.4 is 5.32 Å². The van der Waals surface area contributed by atoms with Crippen LogP contribution in [0.2, 0.25) is 0 Å². The van der Waals surface area contributed by atoms with Gasteiger partial charge < -0.3 is 10.1 Å². The van der Waals surface area contributed by atoms with Crippen LogP contribution in [0.4, 0.5) is 4.39 Å². The lowest BCUT2D eigenvalue weighted by Gasteiger charge is -2.43. The summed E-state index contributed by atoms with van der Waals surface area (Å²) in [5.41, 5.74) is 1.16. The Morgan fingerprint density at radius 1 is 1.25 bits per heavy atom. The summed E-state index contributed by atoms with van der Waals surface area (Å²) in [5.74, 6) is -0.153. The minimum Gasteiger partial charge on any atom is -0.375 e. The molecule has 1 saturated heterocycles. The van der Waals surface area contributed by atoms with E-state index in [1.165, 1.54) is 38.2 Å². The van der Waals surface area contributed by atoms with Crippen molar-refractivity contribution in [3.05, 3.63) is 35.6 Å². The maximum absolute atomic E-state index is 13.2. The van der Waals surface area contributed by atoms with E-state index < -0.39 is 0 Å². The minimum atomic E-state index is -0.153. The smallest absolute Gasteiger partial charge is 0.123 e. The quantitative estimate of drug-likeness (QED) is 0.907. The van der Waals surface area contributed by atoms with Gasteiger partial charge in [-0.1, -0.05) is 31.4 Å². The van der Waals surface area contributed by atoms with Gasteiger partial charge in [-0.15, -0.1) is 0 Å². The van der Waals surface area contributed by atoms with Crippen LogP contribution in [0.15, 0.2) is 24.3 Å². The number of nitrogens with one attached hydrogen (secondary N) is 1. The first-order valence-corrected chi connectivity index (χ1v) is 7.88. The molecule has 2 aliphatic rings. The van der Waals surface area contributed by atoms with Crippen molar-refractivity contribution in [1.29, 1.82) is 0 Å². The molecule has 0 radical (unpaired) electrons. The number of benzene rings is 1. The van der Waals surface area contributed by atoms with Gasteiger partial charge in [-0.2, -0.15) is 0 Å². The second-order valence-electron chi connectivity index (χ2n) is 6.29. The van der Waals surface area contributed by atoms with Crippen molar-refractivity contribution in [3.8, 4) is 0 Å². The van der Waals surface area contributed by atoms with Crippen LogP contribution in [0, 0.1) is 5.82 Å². The molecule has 3 rings (SSSR count). The Labute approximate surface area is 120 Å². The molecule has 110 valence electrons. The first-order valence-electron chi connectivity index (χ1n) is 7.88. The SMILES string of the molecule is Fc1cccc(CNC2CCOC3(CCCCC3)C2)c1. The highest BCUT2D eigenvalue weighted by atomic mass is 19.1. The minimum absolute atomic E-state index is 0.135. The molecule has 1 N–H and O–H groups in total. The molecule has 0 amide bonds. The monoisotopic (exact) mass is 277 g/mol. The molecule has 1 aromatic carbocycles. The van der Waals surface area contributed by atoms with Crippen molar-refractivity contribution >= 4 is 0 Å². The Morgan fingerprint density at radius 3 is 2.90 bits per heavy atom. The van der Waals surface area contributed by atoms with Gasteiger partial charge in [0.2, 0.25) is 0 Å². The van der Waals surface area contributed by atoms with E-state index >= 15 is 0 Å². The Kier molecular flexibility index (Phi) is 4.37. The standard InChI is InChI=1S/C17H24FNO/c18-15-6-4-5-14(11-15)13-19-16-7-10-20-17(12-16)8-2-1-3-9-17/h4-6,11,16,19H,1-3,7-10,12-13H2. The van der Waals surface area contributed by atoms with Crippen molar-refractivity contribution in [2.24, 2.45) is 0 Å². The first-order chi connectivity index (χ1) is 9.76. The van der Waals surface area contributed by atoms with Crippen molar-refractivity contribution in [3.63, 3.8) is 0 Å². The second-order valence-corrected chi connectivity index (χ2v) is 6.29. The van der Waals surface area contributed by atoms with Gasteiger partial charge in [-0.05, 0) is 43.4 Å². The predicted octanol–water partition coefficient (Wildman–Crippen LogP) is 3.80. The zero-order valence-electron chi connectivity index (χ0n) is 12.0. The molecule has 1 atom stereocenters. The highest BCUT2D eigenvalue weighted by molar-refractivity contribution is 5.16. The molecule has 2 nitrogen and oxygen atoms in total. The zero-order chi connectivity index (χ0) is 13.8. The van der Waals surface area contributed by atoms with E-state index in [0.717, 1.165) is 31.6 Å². The Morgan fingerprint density at radius 2 is 2.10 bits per heavy atom.